The Morgan fingerprint density at radius 1 is 0.727 bits per heavy atom. The summed E-state index contributed by atoms with van der Waals surface area (Å²) in [7, 11) is -5.03. The zero-order valence-electron chi connectivity index (χ0n) is 14.1. The predicted octanol–water partition coefficient (Wildman–Crippen LogP) is 3.35. The Balaban J connectivity index is 2.36. The minimum Gasteiger partial charge on any atom is -0.420 e. The molecule has 0 amide bonds. The molecule has 2 aromatic rings. The summed E-state index contributed by atoms with van der Waals surface area (Å²) in [5, 5.41) is 3.21. The van der Waals surface area contributed by atoms with Crippen LogP contribution in [0.3, 0.4) is 0 Å². The highest BCUT2D eigenvalue weighted by Crippen LogP contribution is 2.36. The summed E-state index contributed by atoms with van der Waals surface area (Å²) in [6, 6.07) is 24.0. The molecular formula is C18H26OSi3. The van der Waals surface area contributed by atoms with Crippen molar-refractivity contribution in [2.45, 2.75) is 32.2 Å². The minimum absolute atomic E-state index is 0.979. The second-order valence-electron chi connectivity index (χ2n) is 7.47. The standard InChI is InChI=1S/C18H26OSi3/c1-20(2)16-15-19-21(3,4)22(20,17-11-7-5-8-12-17)18-13-9-6-10-14-18/h5-14H,15-16H2,1-4H3. The minimum atomic E-state index is -1.83. The Morgan fingerprint density at radius 3 is 1.59 bits per heavy atom. The van der Waals surface area contributed by atoms with Gasteiger partial charge in [-0.05, 0) is 19.1 Å². The molecule has 0 saturated carbocycles. The van der Waals surface area contributed by atoms with Crippen LogP contribution in [0.25, 0.3) is 0 Å². The zero-order valence-corrected chi connectivity index (χ0v) is 17.1. The highest BCUT2D eigenvalue weighted by atomic mass is 29.6. The molecule has 0 unspecified atom stereocenters. The van der Waals surface area contributed by atoms with Crippen molar-refractivity contribution in [1.82, 2.24) is 0 Å². The molecule has 116 valence electrons. The summed E-state index contributed by atoms with van der Waals surface area (Å²) in [6.07, 6.45) is 0. The molecule has 0 aromatic heterocycles. The average molecular weight is 343 g/mol. The number of benzene rings is 2. The number of rotatable bonds is 2. The van der Waals surface area contributed by atoms with Crippen LogP contribution < -0.4 is 10.4 Å². The Hall–Kier alpha value is -0.949. The van der Waals surface area contributed by atoms with Gasteiger partial charge in [-0.25, -0.2) is 0 Å². The third-order valence-electron chi connectivity index (χ3n) is 5.52. The predicted molar refractivity (Wildman–Crippen MR) is 104 cm³/mol. The molecule has 3 rings (SSSR count). The van der Waals surface area contributed by atoms with Gasteiger partial charge in [0.2, 0.25) is 0 Å². The van der Waals surface area contributed by atoms with Gasteiger partial charge in [-0.2, -0.15) is 0 Å². The Labute approximate surface area is 137 Å². The van der Waals surface area contributed by atoms with Crippen molar-refractivity contribution in [2.75, 3.05) is 6.61 Å². The first-order chi connectivity index (χ1) is 10.4. The van der Waals surface area contributed by atoms with E-state index in [1.165, 1.54) is 6.04 Å². The molecule has 4 heteroatoms. The van der Waals surface area contributed by atoms with E-state index < -0.39 is 22.5 Å². The lowest BCUT2D eigenvalue weighted by Gasteiger charge is -2.56. The first-order valence-electron chi connectivity index (χ1n) is 8.17. The van der Waals surface area contributed by atoms with E-state index in [9.17, 15) is 0 Å². The van der Waals surface area contributed by atoms with Crippen molar-refractivity contribution < 1.29 is 4.43 Å². The van der Waals surface area contributed by atoms with E-state index in [0.29, 0.717) is 0 Å². The monoisotopic (exact) mass is 342 g/mol. The maximum Gasteiger partial charge on any atom is 0.181 e. The maximum absolute atomic E-state index is 6.56. The van der Waals surface area contributed by atoms with Crippen LogP contribution in [-0.4, -0.2) is 29.1 Å². The highest BCUT2D eigenvalue weighted by Gasteiger charge is 2.64. The fourth-order valence-electron chi connectivity index (χ4n) is 4.69. The van der Waals surface area contributed by atoms with Crippen molar-refractivity contribution in [2.24, 2.45) is 0 Å². The van der Waals surface area contributed by atoms with Crippen LogP contribution in [0.15, 0.2) is 60.7 Å². The van der Waals surface area contributed by atoms with Gasteiger partial charge in [0.1, 0.15) is 7.11 Å². The molecule has 1 aliphatic heterocycles. The molecule has 1 nitrogen and oxygen atoms in total. The van der Waals surface area contributed by atoms with Gasteiger partial charge in [0.05, 0.1) is 7.59 Å². The van der Waals surface area contributed by atoms with Gasteiger partial charge in [-0.3, -0.25) is 0 Å². The van der Waals surface area contributed by atoms with Gasteiger partial charge >= 0.3 is 0 Å². The van der Waals surface area contributed by atoms with Gasteiger partial charge in [0.25, 0.3) is 0 Å². The van der Waals surface area contributed by atoms with E-state index in [-0.39, 0.29) is 0 Å². The fourth-order valence-corrected chi connectivity index (χ4v) is 47.6. The topological polar surface area (TPSA) is 9.23 Å². The summed E-state index contributed by atoms with van der Waals surface area (Å²) in [5.74, 6) is 0. The second kappa shape index (κ2) is 5.60. The molecule has 1 aliphatic rings. The summed E-state index contributed by atoms with van der Waals surface area (Å²) in [5.41, 5.74) is 0. The quantitative estimate of drug-likeness (QED) is 0.761. The largest absolute Gasteiger partial charge is 0.420 e. The highest BCUT2D eigenvalue weighted by molar-refractivity contribution is 7.76. The van der Waals surface area contributed by atoms with Gasteiger partial charge < -0.3 is 4.43 Å². The van der Waals surface area contributed by atoms with Crippen molar-refractivity contribution in [3.63, 3.8) is 0 Å². The molecule has 0 radical (unpaired) electrons. The van der Waals surface area contributed by atoms with Crippen LogP contribution in [0.1, 0.15) is 0 Å². The second-order valence-corrected chi connectivity index (χ2v) is 31.4. The first-order valence-corrected chi connectivity index (χ1v) is 18.3. The molecule has 1 saturated heterocycles. The van der Waals surface area contributed by atoms with Crippen LogP contribution in [-0.2, 0) is 4.43 Å². The van der Waals surface area contributed by atoms with E-state index in [1.807, 2.05) is 0 Å². The first kappa shape index (κ1) is 15.9. The van der Waals surface area contributed by atoms with Gasteiger partial charge in [0, 0.05) is 6.61 Å². The normalized spacial score (nSPS) is 22.2. The van der Waals surface area contributed by atoms with Crippen molar-refractivity contribution in [3.05, 3.63) is 60.7 Å². The lowest BCUT2D eigenvalue weighted by Crippen LogP contribution is -2.88. The molecule has 0 spiro atoms. The van der Waals surface area contributed by atoms with Crippen LogP contribution in [0, 0.1) is 0 Å². The van der Waals surface area contributed by atoms with E-state index in [2.05, 4.69) is 86.9 Å². The van der Waals surface area contributed by atoms with Crippen LogP contribution in [0.2, 0.25) is 32.2 Å². The molecule has 22 heavy (non-hydrogen) atoms. The molecule has 1 heterocycles. The Morgan fingerprint density at radius 2 is 1.18 bits per heavy atom. The SMILES string of the molecule is C[Si]1(C)CCO[Si](C)(C)[Si]1(c1ccccc1)c1ccccc1. The van der Waals surface area contributed by atoms with Crippen molar-refractivity contribution in [3.8, 4) is 0 Å². The van der Waals surface area contributed by atoms with Crippen LogP contribution in [0.5, 0.6) is 0 Å². The van der Waals surface area contributed by atoms with E-state index in [1.54, 1.807) is 10.4 Å². The molecule has 2 aromatic carbocycles. The zero-order chi connectivity index (χ0) is 15.8. The molecule has 0 atom stereocenters. The number of hydrogen-bond donors (Lipinski definition) is 0. The molecule has 1 fully saturated rings. The lowest BCUT2D eigenvalue weighted by molar-refractivity contribution is 0.337. The summed E-state index contributed by atoms with van der Waals surface area (Å²) in [6.45, 7) is 11.2. The fraction of sp³-hybridized carbons (Fsp3) is 0.333. The van der Waals surface area contributed by atoms with Gasteiger partial charge in [0.15, 0.2) is 7.83 Å². The van der Waals surface area contributed by atoms with Crippen LogP contribution in [0.4, 0.5) is 0 Å². The molecule has 0 N–H and O–H groups in total. The van der Waals surface area contributed by atoms with E-state index in [4.69, 9.17) is 4.43 Å². The van der Waals surface area contributed by atoms with Crippen molar-refractivity contribution in [1.29, 1.82) is 0 Å². The summed E-state index contributed by atoms with van der Waals surface area (Å²) < 4.78 is 6.56. The molecule has 0 aliphatic carbocycles. The van der Waals surface area contributed by atoms with Crippen molar-refractivity contribution >= 4 is 32.9 Å². The third-order valence-corrected chi connectivity index (χ3v) is 41.8. The average Bonchev–Trinajstić information content (AvgIpc) is 2.48. The third kappa shape index (κ3) is 2.21. The Bertz CT molecular complexity index is 580. The summed E-state index contributed by atoms with van der Waals surface area (Å²) in [4.78, 5) is 0. The molecular weight excluding hydrogens is 316 g/mol. The number of hydrogen-bond acceptors (Lipinski definition) is 1. The lowest BCUT2D eigenvalue weighted by atomic mass is 10.4. The van der Waals surface area contributed by atoms with Crippen LogP contribution >= 0.6 is 0 Å². The summed E-state index contributed by atoms with van der Waals surface area (Å²) >= 11 is 0. The Kier molecular flexibility index (Phi) is 4.05. The van der Waals surface area contributed by atoms with E-state index in [0.717, 1.165) is 6.61 Å². The van der Waals surface area contributed by atoms with Gasteiger partial charge in [-0.15, -0.1) is 0 Å². The maximum atomic E-state index is 6.56. The van der Waals surface area contributed by atoms with Gasteiger partial charge in [-0.1, -0.05) is 84.1 Å². The van der Waals surface area contributed by atoms with E-state index >= 15 is 0 Å². The smallest absolute Gasteiger partial charge is 0.181 e. The molecule has 0 bridgehead atoms.